The van der Waals surface area contributed by atoms with E-state index in [2.05, 4.69) is 9.97 Å². The molecule has 0 radical (unpaired) electrons. The lowest BCUT2D eigenvalue weighted by Gasteiger charge is -2.27. The molecular weight excluding hydrogens is 424 g/mol. The molecule has 8 heteroatoms. The van der Waals surface area contributed by atoms with E-state index in [1.807, 2.05) is 24.3 Å². The van der Waals surface area contributed by atoms with Crippen LogP contribution in [0.25, 0.3) is 22.4 Å². The number of nitrogens with zero attached hydrogens (tertiary/aromatic N) is 3. The molecule has 1 N–H and O–H groups in total. The minimum Gasteiger partial charge on any atom is -0.343 e. The van der Waals surface area contributed by atoms with Gasteiger partial charge in [0, 0.05) is 23.9 Å². The van der Waals surface area contributed by atoms with Gasteiger partial charge in [0.25, 0.3) is 5.91 Å². The Morgan fingerprint density at radius 2 is 1.81 bits per heavy atom. The molecule has 4 aromatic rings. The molecule has 0 saturated heterocycles. The van der Waals surface area contributed by atoms with Gasteiger partial charge in [-0.25, -0.2) is 18.4 Å². The number of hydrogen-bond donors (Lipinski definition) is 1. The van der Waals surface area contributed by atoms with Crippen LogP contribution in [-0.2, 0) is 16.3 Å². The summed E-state index contributed by atoms with van der Waals surface area (Å²) in [4.78, 5) is 27.5. The maximum Gasteiger partial charge on any atom is 0.258 e. The third kappa shape index (κ3) is 3.27. The zero-order chi connectivity index (χ0) is 22.5. The smallest absolute Gasteiger partial charge is 0.258 e. The summed E-state index contributed by atoms with van der Waals surface area (Å²) >= 11 is 0. The average molecular weight is 447 g/mol. The van der Waals surface area contributed by atoms with E-state index in [9.17, 15) is 13.2 Å². The Morgan fingerprint density at radius 1 is 1.06 bits per heavy atom. The largest absolute Gasteiger partial charge is 0.343 e. The third-order valence-electron chi connectivity index (χ3n) is 5.85. The molecule has 2 aromatic heterocycles. The van der Waals surface area contributed by atoms with Crippen LogP contribution in [0.5, 0.6) is 0 Å². The summed E-state index contributed by atoms with van der Waals surface area (Å²) in [6, 6.07) is 14.3. The van der Waals surface area contributed by atoms with E-state index in [4.69, 9.17) is 4.98 Å². The number of sulfone groups is 1. The summed E-state index contributed by atoms with van der Waals surface area (Å²) in [5.74, 6) is -0.0526. The zero-order valence-electron chi connectivity index (χ0n) is 17.7. The van der Waals surface area contributed by atoms with Crippen LogP contribution in [0.4, 0.5) is 5.69 Å². The van der Waals surface area contributed by atoms with Gasteiger partial charge in [0.15, 0.2) is 15.5 Å². The molecule has 32 heavy (non-hydrogen) atoms. The van der Waals surface area contributed by atoms with Gasteiger partial charge in [-0.3, -0.25) is 4.79 Å². The first-order chi connectivity index (χ1) is 15.4. The Labute approximate surface area is 186 Å². The number of amides is 1. The molecule has 1 aliphatic heterocycles. The number of anilines is 1. The molecule has 3 heterocycles. The van der Waals surface area contributed by atoms with Gasteiger partial charge in [-0.05, 0) is 44.0 Å². The number of carbonyl (C=O) groups excluding carboxylic acids is 1. The number of aromatic nitrogens is 3. The fourth-order valence-corrected chi connectivity index (χ4v) is 5.03. The normalized spacial score (nSPS) is 14.2. The highest BCUT2D eigenvalue weighted by atomic mass is 32.2. The minimum atomic E-state index is -3.34. The summed E-state index contributed by atoms with van der Waals surface area (Å²) in [5.41, 5.74) is 5.01. The van der Waals surface area contributed by atoms with Gasteiger partial charge in [0.05, 0.1) is 27.7 Å². The molecule has 0 aliphatic carbocycles. The first kappa shape index (κ1) is 20.4. The van der Waals surface area contributed by atoms with E-state index >= 15 is 0 Å². The van der Waals surface area contributed by atoms with Crippen LogP contribution >= 0.6 is 0 Å². The van der Waals surface area contributed by atoms with Crippen molar-refractivity contribution in [2.75, 3.05) is 11.4 Å². The molecular formula is C24H22N4O3S. The molecule has 0 atom stereocenters. The Morgan fingerprint density at radius 3 is 2.56 bits per heavy atom. The highest BCUT2D eigenvalue weighted by molar-refractivity contribution is 7.92. The van der Waals surface area contributed by atoms with Crippen LogP contribution in [0.15, 0.2) is 65.8 Å². The number of carbonyl (C=O) groups is 1. The molecule has 1 amide bonds. The number of benzene rings is 2. The van der Waals surface area contributed by atoms with E-state index in [0.717, 1.165) is 17.5 Å². The summed E-state index contributed by atoms with van der Waals surface area (Å²) < 4.78 is 24.8. The van der Waals surface area contributed by atoms with Crippen molar-refractivity contribution in [1.29, 1.82) is 0 Å². The minimum absolute atomic E-state index is 0.0526. The van der Waals surface area contributed by atoms with E-state index in [1.54, 1.807) is 55.4 Å². The molecule has 0 bridgehead atoms. The molecule has 2 aromatic carbocycles. The van der Waals surface area contributed by atoms with Crippen LogP contribution < -0.4 is 4.90 Å². The summed E-state index contributed by atoms with van der Waals surface area (Å²) in [7, 11) is -3.34. The zero-order valence-corrected chi connectivity index (χ0v) is 18.6. The first-order valence-electron chi connectivity index (χ1n) is 10.4. The Kier molecular flexibility index (Phi) is 4.82. The van der Waals surface area contributed by atoms with Gasteiger partial charge in [-0.1, -0.05) is 30.3 Å². The van der Waals surface area contributed by atoms with Gasteiger partial charge >= 0.3 is 0 Å². The topological polar surface area (TPSA) is 96.0 Å². The summed E-state index contributed by atoms with van der Waals surface area (Å²) in [5, 5.41) is -0.487. The molecule has 0 unspecified atom stereocenters. The van der Waals surface area contributed by atoms with E-state index < -0.39 is 15.1 Å². The van der Waals surface area contributed by atoms with Crippen molar-refractivity contribution < 1.29 is 13.2 Å². The molecule has 162 valence electrons. The summed E-state index contributed by atoms with van der Waals surface area (Å²) in [6.07, 6.45) is 4.17. The molecule has 0 fully saturated rings. The standard InChI is InChI=1S/C24H22N4O3S/c1-15(2)32(30,31)18-9-7-17(8-10-18)20-13-25-23-22(27-20)21(14-26-23)28-12-11-16-5-3-4-6-19(16)24(28)29/h3-10,13-15H,11-12H2,1-2H3,(H,25,26). The Hall–Kier alpha value is -3.52. The quantitative estimate of drug-likeness (QED) is 0.511. The second kappa shape index (κ2) is 7.56. The number of aromatic amines is 1. The third-order valence-corrected chi connectivity index (χ3v) is 8.02. The summed E-state index contributed by atoms with van der Waals surface area (Å²) in [6.45, 7) is 3.89. The van der Waals surface area contributed by atoms with Crippen molar-refractivity contribution in [2.24, 2.45) is 0 Å². The van der Waals surface area contributed by atoms with Crippen molar-refractivity contribution in [3.05, 3.63) is 72.1 Å². The maximum absolute atomic E-state index is 13.1. The number of nitrogens with one attached hydrogen (secondary N) is 1. The Balaban J connectivity index is 1.52. The van der Waals surface area contributed by atoms with Gasteiger partial charge in [0.2, 0.25) is 0 Å². The second-order valence-corrected chi connectivity index (χ2v) is 10.6. The number of hydrogen-bond acceptors (Lipinski definition) is 5. The Bertz CT molecular complexity index is 1440. The number of H-pyrrole nitrogens is 1. The van der Waals surface area contributed by atoms with Crippen LogP contribution in [0.3, 0.4) is 0 Å². The second-order valence-electron chi connectivity index (χ2n) is 8.11. The van der Waals surface area contributed by atoms with E-state index in [1.165, 1.54) is 0 Å². The van der Waals surface area contributed by atoms with Crippen LogP contribution in [0, 0.1) is 0 Å². The van der Waals surface area contributed by atoms with Gasteiger partial charge in [-0.15, -0.1) is 0 Å². The number of fused-ring (bicyclic) bond motifs is 2. The predicted molar refractivity (Wildman–Crippen MR) is 123 cm³/mol. The van der Waals surface area contributed by atoms with E-state index in [0.29, 0.717) is 34.7 Å². The fraction of sp³-hybridized carbons (Fsp3) is 0.208. The van der Waals surface area contributed by atoms with Gasteiger partial charge in [0.1, 0.15) is 5.52 Å². The molecule has 5 rings (SSSR count). The van der Waals surface area contributed by atoms with E-state index in [-0.39, 0.29) is 10.8 Å². The first-order valence-corrected chi connectivity index (χ1v) is 12.0. The van der Waals surface area contributed by atoms with Crippen molar-refractivity contribution in [3.8, 4) is 11.3 Å². The lowest BCUT2D eigenvalue weighted by Crippen LogP contribution is -2.37. The lowest BCUT2D eigenvalue weighted by molar-refractivity contribution is 0.0981. The predicted octanol–water partition coefficient (Wildman–Crippen LogP) is 4.01. The van der Waals surface area contributed by atoms with Gasteiger partial charge < -0.3 is 9.88 Å². The maximum atomic E-state index is 13.1. The fourth-order valence-electron chi connectivity index (χ4n) is 3.97. The molecule has 0 spiro atoms. The van der Waals surface area contributed by atoms with Crippen LogP contribution in [0.2, 0.25) is 0 Å². The molecule has 1 aliphatic rings. The molecule has 7 nitrogen and oxygen atoms in total. The highest BCUT2D eigenvalue weighted by Crippen LogP contribution is 2.31. The highest BCUT2D eigenvalue weighted by Gasteiger charge is 2.27. The van der Waals surface area contributed by atoms with Crippen LogP contribution in [0.1, 0.15) is 29.8 Å². The monoisotopic (exact) mass is 446 g/mol. The van der Waals surface area contributed by atoms with Crippen LogP contribution in [-0.4, -0.2) is 41.1 Å². The van der Waals surface area contributed by atoms with Crippen molar-refractivity contribution in [2.45, 2.75) is 30.4 Å². The average Bonchev–Trinajstić information content (AvgIpc) is 3.22. The SMILES string of the molecule is CC(C)S(=O)(=O)c1ccc(-c2cnc3[nH]cc(N4CCc5ccccc5C4=O)c3n2)cc1. The molecule has 0 saturated carbocycles. The van der Waals surface area contributed by atoms with Crippen molar-refractivity contribution >= 4 is 32.6 Å². The van der Waals surface area contributed by atoms with Gasteiger partial charge in [-0.2, -0.15) is 0 Å². The lowest BCUT2D eigenvalue weighted by atomic mass is 9.99. The van der Waals surface area contributed by atoms with Crippen molar-refractivity contribution in [1.82, 2.24) is 15.0 Å². The number of rotatable bonds is 4. The van der Waals surface area contributed by atoms with Crippen molar-refractivity contribution in [3.63, 3.8) is 0 Å².